The Balaban J connectivity index is 2.10. The van der Waals surface area contributed by atoms with E-state index in [0.717, 1.165) is 31.7 Å². The van der Waals surface area contributed by atoms with Crippen molar-refractivity contribution in [3.05, 3.63) is 35.4 Å². The fourth-order valence-corrected chi connectivity index (χ4v) is 2.78. The molecule has 2 rings (SSSR count). The molecule has 1 saturated carbocycles. The molecule has 3 unspecified atom stereocenters. The normalized spacial score (nSPS) is 25.3. The van der Waals surface area contributed by atoms with Gasteiger partial charge in [0, 0.05) is 23.7 Å². The molecule has 4 heteroatoms. The first kappa shape index (κ1) is 14.4. The third kappa shape index (κ3) is 3.51. The lowest BCUT2D eigenvalue weighted by Crippen LogP contribution is -2.43. The molecule has 1 aliphatic carbocycles. The number of rotatable bonds is 4. The van der Waals surface area contributed by atoms with E-state index >= 15 is 0 Å². The summed E-state index contributed by atoms with van der Waals surface area (Å²) in [6.45, 7) is 1.95. The molecule has 2 nitrogen and oxygen atoms in total. The molecule has 1 fully saturated rings. The van der Waals surface area contributed by atoms with Gasteiger partial charge in [0.15, 0.2) is 0 Å². The van der Waals surface area contributed by atoms with Crippen molar-refractivity contribution in [3.63, 3.8) is 0 Å². The van der Waals surface area contributed by atoms with Crippen molar-refractivity contribution in [2.45, 2.75) is 57.2 Å². The number of hydrogen-bond donors (Lipinski definition) is 2. The van der Waals surface area contributed by atoms with Crippen LogP contribution in [0.25, 0.3) is 0 Å². The first-order valence-corrected chi connectivity index (χ1v) is 7.01. The summed E-state index contributed by atoms with van der Waals surface area (Å²) in [7, 11) is 0. The molecule has 3 atom stereocenters. The molecular formula is C15H21F2NO. The summed E-state index contributed by atoms with van der Waals surface area (Å²) in [6.07, 6.45) is 4.15. The van der Waals surface area contributed by atoms with E-state index in [4.69, 9.17) is 0 Å². The number of aliphatic hydroxyl groups is 1. The van der Waals surface area contributed by atoms with Crippen molar-refractivity contribution in [1.29, 1.82) is 0 Å². The van der Waals surface area contributed by atoms with E-state index in [-0.39, 0.29) is 18.2 Å². The predicted molar refractivity (Wildman–Crippen MR) is 70.8 cm³/mol. The zero-order chi connectivity index (χ0) is 13.8. The van der Waals surface area contributed by atoms with E-state index in [9.17, 15) is 13.9 Å². The first-order valence-electron chi connectivity index (χ1n) is 7.01. The maximum atomic E-state index is 13.8. The minimum Gasteiger partial charge on any atom is -0.392 e. The van der Waals surface area contributed by atoms with Crippen LogP contribution in [0, 0.1) is 11.6 Å². The molecule has 0 aliphatic heterocycles. The zero-order valence-electron chi connectivity index (χ0n) is 11.2. The Morgan fingerprint density at radius 1 is 1.32 bits per heavy atom. The molecule has 2 N–H and O–H groups in total. The molecule has 0 amide bonds. The Hall–Kier alpha value is -1.00. The molecule has 0 spiro atoms. The minimum absolute atomic E-state index is 0.00292. The summed E-state index contributed by atoms with van der Waals surface area (Å²) in [4.78, 5) is 0. The monoisotopic (exact) mass is 269 g/mol. The van der Waals surface area contributed by atoms with E-state index in [2.05, 4.69) is 5.32 Å². The molecule has 0 radical (unpaired) electrons. The van der Waals surface area contributed by atoms with Crippen LogP contribution < -0.4 is 5.32 Å². The lowest BCUT2D eigenvalue weighted by atomic mass is 9.91. The molecule has 0 saturated heterocycles. The van der Waals surface area contributed by atoms with Crippen molar-refractivity contribution in [1.82, 2.24) is 5.32 Å². The quantitative estimate of drug-likeness (QED) is 0.879. The summed E-state index contributed by atoms with van der Waals surface area (Å²) in [5.41, 5.74) is 0.474. The van der Waals surface area contributed by atoms with Gasteiger partial charge in [-0.05, 0) is 25.3 Å². The molecule has 1 aliphatic rings. The molecule has 1 aromatic carbocycles. The number of hydrogen-bond acceptors (Lipinski definition) is 2. The highest BCUT2D eigenvalue weighted by molar-refractivity contribution is 5.22. The Morgan fingerprint density at radius 3 is 2.68 bits per heavy atom. The standard InChI is InChI=1S/C15H21F2NO/c1-2-13(11-8-7-10(16)9-12(11)17)18-14-5-3-4-6-15(14)19/h7-9,13-15,18-19H,2-6H2,1H3. The van der Waals surface area contributed by atoms with Gasteiger partial charge in [-0.3, -0.25) is 0 Å². The average Bonchev–Trinajstić information content (AvgIpc) is 2.39. The van der Waals surface area contributed by atoms with Crippen LogP contribution in [-0.2, 0) is 0 Å². The predicted octanol–water partition coefficient (Wildman–Crippen LogP) is 3.31. The molecular weight excluding hydrogens is 248 g/mol. The molecule has 0 heterocycles. The van der Waals surface area contributed by atoms with Crippen LogP contribution in [0.15, 0.2) is 18.2 Å². The van der Waals surface area contributed by atoms with Gasteiger partial charge in [0.25, 0.3) is 0 Å². The van der Waals surface area contributed by atoms with E-state index in [1.807, 2.05) is 6.92 Å². The van der Waals surface area contributed by atoms with Gasteiger partial charge in [-0.25, -0.2) is 8.78 Å². The molecule has 0 aromatic heterocycles. The number of benzene rings is 1. The van der Waals surface area contributed by atoms with Gasteiger partial charge in [-0.1, -0.05) is 25.8 Å². The Kier molecular flexibility index (Phi) is 4.88. The summed E-state index contributed by atoms with van der Waals surface area (Å²) < 4.78 is 26.7. The highest BCUT2D eigenvalue weighted by Gasteiger charge is 2.26. The van der Waals surface area contributed by atoms with E-state index in [1.165, 1.54) is 12.1 Å². The second-order valence-electron chi connectivity index (χ2n) is 5.25. The van der Waals surface area contributed by atoms with Crippen LogP contribution in [0.5, 0.6) is 0 Å². The van der Waals surface area contributed by atoms with E-state index < -0.39 is 11.6 Å². The van der Waals surface area contributed by atoms with Gasteiger partial charge in [0.05, 0.1) is 6.10 Å². The van der Waals surface area contributed by atoms with E-state index in [1.54, 1.807) is 0 Å². The fraction of sp³-hybridized carbons (Fsp3) is 0.600. The number of halogens is 2. The lowest BCUT2D eigenvalue weighted by Gasteiger charge is -2.32. The average molecular weight is 269 g/mol. The van der Waals surface area contributed by atoms with Crippen LogP contribution in [0.3, 0.4) is 0 Å². The summed E-state index contributed by atoms with van der Waals surface area (Å²) >= 11 is 0. The van der Waals surface area contributed by atoms with Crippen molar-refractivity contribution < 1.29 is 13.9 Å². The Bertz CT molecular complexity index is 425. The Morgan fingerprint density at radius 2 is 2.05 bits per heavy atom. The first-order chi connectivity index (χ1) is 9.11. The third-order valence-corrected chi connectivity index (χ3v) is 3.89. The van der Waals surface area contributed by atoms with Gasteiger partial charge in [0.1, 0.15) is 11.6 Å². The maximum absolute atomic E-state index is 13.8. The second kappa shape index (κ2) is 6.44. The molecule has 1 aromatic rings. The minimum atomic E-state index is -0.561. The van der Waals surface area contributed by atoms with Gasteiger partial charge >= 0.3 is 0 Å². The van der Waals surface area contributed by atoms with Crippen molar-refractivity contribution >= 4 is 0 Å². The zero-order valence-corrected chi connectivity index (χ0v) is 11.2. The maximum Gasteiger partial charge on any atom is 0.130 e. The number of nitrogens with one attached hydrogen (secondary N) is 1. The van der Waals surface area contributed by atoms with Gasteiger partial charge in [-0.2, -0.15) is 0 Å². The fourth-order valence-electron chi connectivity index (χ4n) is 2.78. The van der Waals surface area contributed by atoms with Crippen molar-refractivity contribution in [2.24, 2.45) is 0 Å². The SMILES string of the molecule is CCC(NC1CCCCC1O)c1ccc(F)cc1F. The summed E-state index contributed by atoms with van der Waals surface area (Å²) in [5, 5.41) is 13.3. The molecule has 106 valence electrons. The van der Waals surface area contributed by atoms with Crippen LogP contribution in [0.2, 0.25) is 0 Å². The van der Waals surface area contributed by atoms with Gasteiger partial charge < -0.3 is 10.4 Å². The smallest absolute Gasteiger partial charge is 0.130 e. The van der Waals surface area contributed by atoms with Crippen LogP contribution >= 0.6 is 0 Å². The van der Waals surface area contributed by atoms with Gasteiger partial charge in [0.2, 0.25) is 0 Å². The lowest BCUT2D eigenvalue weighted by molar-refractivity contribution is 0.0842. The van der Waals surface area contributed by atoms with Crippen molar-refractivity contribution in [3.8, 4) is 0 Å². The summed E-state index contributed by atoms with van der Waals surface area (Å²) in [6, 6.07) is 3.50. The van der Waals surface area contributed by atoms with Crippen LogP contribution in [-0.4, -0.2) is 17.3 Å². The Labute approximate surface area is 112 Å². The number of aliphatic hydroxyl groups excluding tert-OH is 1. The topological polar surface area (TPSA) is 32.3 Å². The molecule has 19 heavy (non-hydrogen) atoms. The van der Waals surface area contributed by atoms with Crippen LogP contribution in [0.4, 0.5) is 8.78 Å². The second-order valence-corrected chi connectivity index (χ2v) is 5.25. The van der Waals surface area contributed by atoms with E-state index in [0.29, 0.717) is 12.0 Å². The largest absolute Gasteiger partial charge is 0.392 e. The van der Waals surface area contributed by atoms with Crippen molar-refractivity contribution in [2.75, 3.05) is 0 Å². The summed E-state index contributed by atoms with van der Waals surface area (Å²) in [5.74, 6) is -1.08. The highest BCUT2D eigenvalue weighted by Crippen LogP contribution is 2.25. The van der Waals surface area contributed by atoms with Gasteiger partial charge in [-0.15, -0.1) is 0 Å². The third-order valence-electron chi connectivity index (χ3n) is 3.89. The molecule has 0 bridgehead atoms. The van der Waals surface area contributed by atoms with Crippen LogP contribution in [0.1, 0.15) is 50.6 Å². The highest BCUT2D eigenvalue weighted by atomic mass is 19.1.